The van der Waals surface area contributed by atoms with Crippen LogP contribution in [0.4, 0.5) is 0 Å². The van der Waals surface area contributed by atoms with Crippen molar-refractivity contribution in [1.29, 1.82) is 0 Å². The van der Waals surface area contributed by atoms with Gasteiger partial charge in [-0.05, 0) is 45.8 Å². The molecule has 0 atom stereocenters. The van der Waals surface area contributed by atoms with Crippen LogP contribution in [0.25, 0.3) is 21.5 Å². The zero-order valence-corrected chi connectivity index (χ0v) is 12.0. The molecule has 0 heterocycles. The van der Waals surface area contributed by atoms with E-state index in [-0.39, 0.29) is 0 Å². The van der Waals surface area contributed by atoms with E-state index in [0.717, 1.165) is 11.1 Å². The van der Waals surface area contributed by atoms with Crippen LogP contribution in [0, 0.1) is 17.9 Å². The minimum absolute atomic E-state index is 0.923. The molecule has 0 spiro atoms. The quantitative estimate of drug-likeness (QED) is 0.388. The molecule has 0 aromatic heterocycles. The van der Waals surface area contributed by atoms with Crippen molar-refractivity contribution in [2.24, 2.45) is 0 Å². The second kappa shape index (κ2) is 5.39. The average molecular weight is 277 g/mol. The van der Waals surface area contributed by atoms with Gasteiger partial charge in [-0.15, -0.1) is 0 Å². The topological polar surface area (TPSA) is 0 Å². The van der Waals surface area contributed by atoms with Crippen molar-refractivity contribution in [3.8, 4) is 11.8 Å². The molecule has 0 aliphatic carbocycles. The Labute approximate surface area is 130 Å². The van der Waals surface area contributed by atoms with Crippen LogP contribution in [0.1, 0.15) is 11.1 Å². The Kier molecular flexibility index (Phi) is 3.11. The molecule has 4 aromatic carbocycles. The maximum atomic E-state index is 3.29. The second-order valence-corrected chi connectivity index (χ2v) is 5.25. The summed E-state index contributed by atoms with van der Waals surface area (Å²) >= 11 is 0. The van der Waals surface area contributed by atoms with E-state index in [0.29, 0.717) is 0 Å². The van der Waals surface area contributed by atoms with Crippen LogP contribution in [0.2, 0.25) is 0 Å². The van der Waals surface area contributed by atoms with E-state index in [1.165, 1.54) is 21.5 Å². The summed E-state index contributed by atoms with van der Waals surface area (Å²) in [5.74, 6) is 6.53. The van der Waals surface area contributed by atoms with E-state index in [2.05, 4.69) is 78.6 Å². The third kappa shape index (κ3) is 2.34. The highest BCUT2D eigenvalue weighted by molar-refractivity contribution is 5.88. The fourth-order valence-electron chi connectivity index (χ4n) is 2.67. The van der Waals surface area contributed by atoms with Gasteiger partial charge in [-0.2, -0.15) is 0 Å². The molecule has 0 N–H and O–H groups in total. The molecule has 4 rings (SSSR count). The SMILES string of the molecule is C(#Cc1cccc2ccccc12)c1[c]cc2ccccc2c1. The lowest BCUT2D eigenvalue weighted by atomic mass is 10.0. The lowest BCUT2D eigenvalue weighted by molar-refractivity contribution is 1.66. The van der Waals surface area contributed by atoms with Crippen LogP contribution >= 0.6 is 0 Å². The minimum atomic E-state index is 0.923. The highest BCUT2D eigenvalue weighted by Crippen LogP contribution is 2.18. The number of hydrogen-bond donors (Lipinski definition) is 0. The van der Waals surface area contributed by atoms with E-state index in [1.807, 2.05) is 18.2 Å². The molecule has 0 nitrogen and oxygen atoms in total. The normalized spacial score (nSPS) is 10.4. The summed E-state index contributed by atoms with van der Waals surface area (Å²) in [5, 5.41) is 4.80. The Morgan fingerprint density at radius 1 is 0.636 bits per heavy atom. The molecule has 0 aliphatic heterocycles. The van der Waals surface area contributed by atoms with Crippen LogP contribution in [-0.4, -0.2) is 0 Å². The molecule has 0 unspecified atom stereocenters. The first-order chi connectivity index (χ1) is 10.9. The Morgan fingerprint density at radius 3 is 2.27 bits per heavy atom. The number of benzene rings is 4. The molecular formula is C22H13. The summed E-state index contributed by atoms with van der Waals surface area (Å²) in [7, 11) is 0. The molecular weight excluding hydrogens is 264 g/mol. The smallest absolute Gasteiger partial charge is 0.0334 e. The summed E-state index contributed by atoms with van der Waals surface area (Å²) in [6.07, 6.45) is 0. The van der Waals surface area contributed by atoms with Gasteiger partial charge < -0.3 is 0 Å². The molecule has 22 heavy (non-hydrogen) atoms. The Hall–Kier alpha value is -3.04. The number of rotatable bonds is 0. The highest BCUT2D eigenvalue weighted by atomic mass is 14.0. The fourth-order valence-corrected chi connectivity index (χ4v) is 2.67. The first-order valence-electron chi connectivity index (χ1n) is 7.30. The zero-order valence-electron chi connectivity index (χ0n) is 12.0. The van der Waals surface area contributed by atoms with E-state index >= 15 is 0 Å². The molecule has 0 fully saturated rings. The molecule has 0 heteroatoms. The molecule has 0 saturated heterocycles. The molecule has 0 amide bonds. The second-order valence-electron chi connectivity index (χ2n) is 5.25. The van der Waals surface area contributed by atoms with Crippen LogP contribution < -0.4 is 0 Å². The van der Waals surface area contributed by atoms with Crippen LogP contribution in [0.15, 0.2) is 78.9 Å². The Balaban J connectivity index is 1.80. The molecule has 0 bridgehead atoms. The lowest BCUT2D eigenvalue weighted by Crippen LogP contribution is -1.80. The van der Waals surface area contributed by atoms with Crippen LogP contribution in [-0.2, 0) is 0 Å². The first kappa shape index (κ1) is 12.7. The van der Waals surface area contributed by atoms with Crippen molar-refractivity contribution < 1.29 is 0 Å². The maximum Gasteiger partial charge on any atom is 0.0334 e. The van der Waals surface area contributed by atoms with Gasteiger partial charge in [-0.25, -0.2) is 0 Å². The van der Waals surface area contributed by atoms with E-state index < -0.39 is 0 Å². The molecule has 0 aliphatic rings. The third-order valence-electron chi connectivity index (χ3n) is 3.80. The summed E-state index contributed by atoms with van der Waals surface area (Å²) in [4.78, 5) is 0. The first-order valence-corrected chi connectivity index (χ1v) is 7.30. The predicted octanol–water partition coefficient (Wildman–Crippen LogP) is 5.19. The Bertz CT molecular complexity index is 1020. The van der Waals surface area contributed by atoms with Crippen molar-refractivity contribution in [3.63, 3.8) is 0 Å². The summed E-state index contributed by atoms with van der Waals surface area (Å²) in [6, 6.07) is 30.2. The molecule has 101 valence electrons. The minimum Gasteiger partial charge on any atom is -0.0616 e. The van der Waals surface area contributed by atoms with Gasteiger partial charge in [0, 0.05) is 11.1 Å². The fraction of sp³-hybridized carbons (Fsp3) is 0. The molecule has 0 saturated carbocycles. The molecule has 1 radical (unpaired) electrons. The lowest BCUT2D eigenvalue weighted by Gasteiger charge is -2.00. The van der Waals surface area contributed by atoms with Gasteiger partial charge in [-0.3, -0.25) is 0 Å². The summed E-state index contributed by atoms with van der Waals surface area (Å²) < 4.78 is 0. The predicted molar refractivity (Wildman–Crippen MR) is 92.7 cm³/mol. The Morgan fingerprint density at radius 2 is 1.36 bits per heavy atom. The van der Waals surface area contributed by atoms with Gasteiger partial charge in [-0.1, -0.05) is 72.5 Å². The van der Waals surface area contributed by atoms with Crippen molar-refractivity contribution in [2.75, 3.05) is 0 Å². The van der Waals surface area contributed by atoms with Crippen molar-refractivity contribution in [1.82, 2.24) is 0 Å². The number of fused-ring (bicyclic) bond motifs is 2. The van der Waals surface area contributed by atoms with E-state index in [1.54, 1.807) is 0 Å². The van der Waals surface area contributed by atoms with Crippen LogP contribution in [0.3, 0.4) is 0 Å². The monoisotopic (exact) mass is 277 g/mol. The van der Waals surface area contributed by atoms with Crippen molar-refractivity contribution in [2.45, 2.75) is 0 Å². The maximum absolute atomic E-state index is 3.29. The van der Waals surface area contributed by atoms with Gasteiger partial charge >= 0.3 is 0 Å². The highest BCUT2D eigenvalue weighted by Gasteiger charge is 1.97. The molecule has 4 aromatic rings. The largest absolute Gasteiger partial charge is 0.0616 e. The summed E-state index contributed by atoms with van der Waals surface area (Å²) in [6.45, 7) is 0. The van der Waals surface area contributed by atoms with Gasteiger partial charge in [0.25, 0.3) is 0 Å². The van der Waals surface area contributed by atoms with Gasteiger partial charge in [0.1, 0.15) is 0 Å². The van der Waals surface area contributed by atoms with Gasteiger partial charge in [0.05, 0.1) is 0 Å². The van der Waals surface area contributed by atoms with Crippen molar-refractivity contribution >= 4 is 21.5 Å². The zero-order chi connectivity index (χ0) is 14.8. The van der Waals surface area contributed by atoms with Crippen molar-refractivity contribution in [3.05, 3.63) is 96.1 Å². The van der Waals surface area contributed by atoms with E-state index in [9.17, 15) is 0 Å². The van der Waals surface area contributed by atoms with Crippen LogP contribution in [0.5, 0.6) is 0 Å². The average Bonchev–Trinajstić information content (AvgIpc) is 2.60. The van der Waals surface area contributed by atoms with Gasteiger partial charge in [0.15, 0.2) is 0 Å². The van der Waals surface area contributed by atoms with Gasteiger partial charge in [0.2, 0.25) is 0 Å². The van der Waals surface area contributed by atoms with E-state index in [4.69, 9.17) is 0 Å². The third-order valence-corrected chi connectivity index (χ3v) is 3.80. The number of hydrogen-bond acceptors (Lipinski definition) is 0. The standard InChI is InChI=1S/C22H13/c1-2-8-21-16-17(12-14-18(21)6-1)13-15-20-10-5-9-19-7-3-4-11-22(19)20/h1-11,14,16H. The summed E-state index contributed by atoms with van der Waals surface area (Å²) in [5.41, 5.74) is 1.98.